The molecule has 0 aliphatic rings. The van der Waals surface area contributed by atoms with Crippen molar-refractivity contribution < 1.29 is 8.42 Å². The number of thiophene rings is 1. The van der Waals surface area contributed by atoms with Gasteiger partial charge in [-0.1, -0.05) is 64.5 Å². The van der Waals surface area contributed by atoms with Crippen molar-refractivity contribution in [1.29, 1.82) is 0 Å². The van der Waals surface area contributed by atoms with Crippen LogP contribution in [-0.2, 0) is 16.4 Å². The lowest BCUT2D eigenvalue weighted by Crippen LogP contribution is -2.34. The van der Waals surface area contributed by atoms with Gasteiger partial charge in [-0.25, -0.2) is 8.42 Å². The number of alkyl halides is 1. The number of hydrogen-bond donors (Lipinski definition) is 0. The Balaban J connectivity index is 1.85. The molecule has 2 aromatic carbocycles. The van der Waals surface area contributed by atoms with Gasteiger partial charge in [-0.2, -0.15) is 4.31 Å². The van der Waals surface area contributed by atoms with Crippen LogP contribution in [0.15, 0.2) is 64.9 Å². The van der Waals surface area contributed by atoms with E-state index in [-0.39, 0.29) is 0 Å². The summed E-state index contributed by atoms with van der Waals surface area (Å²) >= 11 is 4.71. The third-order valence-corrected chi connectivity index (χ3v) is 7.64. The number of fused-ring (bicyclic) bond motifs is 1. The molecule has 3 aromatic rings. The number of nitrogens with zero attached hydrogens (tertiary/aromatic N) is 1. The van der Waals surface area contributed by atoms with Crippen LogP contribution in [0.25, 0.3) is 10.1 Å². The van der Waals surface area contributed by atoms with Gasteiger partial charge in [-0.05, 0) is 29.5 Å². The maximum atomic E-state index is 13.0. The second-order valence-corrected chi connectivity index (χ2v) is 9.47. The van der Waals surface area contributed by atoms with Gasteiger partial charge < -0.3 is 0 Å². The van der Waals surface area contributed by atoms with Crippen LogP contribution in [-0.4, -0.2) is 31.1 Å². The van der Waals surface area contributed by atoms with E-state index in [1.165, 1.54) is 11.3 Å². The highest BCUT2D eigenvalue weighted by Gasteiger charge is 2.25. The molecule has 0 saturated heterocycles. The fourth-order valence-electron chi connectivity index (χ4n) is 2.56. The van der Waals surface area contributed by atoms with Crippen LogP contribution in [0.1, 0.15) is 5.56 Å². The summed E-state index contributed by atoms with van der Waals surface area (Å²) in [5.74, 6) is 0. The highest BCUT2D eigenvalue weighted by Crippen LogP contribution is 2.30. The van der Waals surface area contributed by atoms with Crippen LogP contribution in [0.5, 0.6) is 0 Å². The molecule has 1 heterocycles. The maximum Gasteiger partial charge on any atom is 0.252 e. The summed E-state index contributed by atoms with van der Waals surface area (Å²) in [5.41, 5.74) is 1.14. The van der Waals surface area contributed by atoms with E-state index in [0.717, 1.165) is 15.6 Å². The molecule has 0 amide bonds. The normalized spacial score (nSPS) is 12.1. The predicted molar refractivity (Wildman–Crippen MR) is 105 cm³/mol. The summed E-state index contributed by atoms with van der Waals surface area (Å²) in [6.07, 6.45) is 0.706. The van der Waals surface area contributed by atoms with Gasteiger partial charge in [0.15, 0.2) is 0 Å². The molecule has 0 aliphatic heterocycles. The van der Waals surface area contributed by atoms with Gasteiger partial charge in [-0.15, -0.1) is 11.3 Å². The fraction of sp³-hybridized carbons (Fsp3) is 0.222. The van der Waals surface area contributed by atoms with Crippen LogP contribution in [0.2, 0.25) is 0 Å². The molecule has 6 heteroatoms. The molecule has 126 valence electrons. The Labute approximate surface area is 155 Å². The Morgan fingerprint density at radius 3 is 2.38 bits per heavy atom. The average Bonchev–Trinajstić information content (AvgIpc) is 3.04. The highest BCUT2D eigenvalue weighted by atomic mass is 79.9. The number of hydrogen-bond acceptors (Lipinski definition) is 3. The van der Waals surface area contributed by atoms with Crippen LogP contribution in [0.3, 0.4) is 0 Å². The molecule has 0 spiro atoms. The molecule has 0 radical (unpaired) electrons. The van der Waals surface area contributed by atoms with E-state index in [4.69, 9.17) is 0 Å². The van der Waals surface area contributed by atoms with Crippen molar-refractivity contribution in [1.82, 2.24) is 4.31 Å². The lowest BCUT2D eigenvalue weighted by atomic mass is 10.1. The van der Waals surface area contributed by atoms with Crippen molar-refractivity contribution in [2.75, 3.05) is 18.4 Å². The van der Waals surface area contributed by atoms with E-state index in [9.17, 15) is 8.42 Å². The summed E-state index contributed by atoms with van der Waals surface area (Å²) in [5, 5.41) is 1.59. The average molecular weight is 424 g/mol. The third kappa shape index (κ3) is 3.88. The SMILES string of the molecule is O=S(=O)(c1cc2ccccc2s1)N(CCBr)CCc1ccccc1. The van der Waals surface area contributed by atoms with Crippen LogP contribution < -0.4 is 0 Å². The number of halogens is 1. The molecular formula is C18H18BrNO2S2. The van der Waals surface area contributed by atoms with Crippen molar-refractivity contribution in [2.24, 2.45) is 0 Å². The zero-order valence-corrected chi connectivity index (χ0v) is 16.3. The lowest BCUT2D eigenvalue weighted by Gasteiger charge is -2.20. The smallest absolute Gasteiger partial charge is 0.206 e. The Kier molecular flexibility index (Phi) is 5.71. The molecule has 0 saturated carbocycles. The van der Waals surface area contributed by atoms with Crippen molar-refractivity contribution in [3.8, 4) is 0 Å². The Morgan fingerprint density at radius 2 is 1.67 bits per heavy atom. The first kappa shape index (κ1) is 17.6. The van der Waals surface area contributed by atoms with Crippen molar-refractivity contribution in [3.63, 3.8) is 0 Å². The number of benzene rings is 2. The van der Waals surface area contributed by atoms with Gasteiger partial charge in [0, 0.05) is 23.1 Å². The topological polar surface area (TPSA) is 37.4 Å². The van der Waals surface area contributed by atoms with E-state index in [0.29, 0.717) is 29.0 Å². The van der Waals surface area contributed by atoms with Crippen molar-refractivity contribution in [2.45, 2.75) is 10.6 Å². The second-order valence-electron chi connectivity index (χ2n) is 5.43. The van der Waals surface area contributed by atoms with Gasteiger partial charge in [0.05, 0.1) is 0 Å². The summed E-state index contributed by atoms with van der Waals surface area (Å²) in [6.45, 7) is 0.940. The summed E-state index contributed by atoms with van der Waals surface area (Å²) in [4.78, 5) is 0. The van der Waals surface area contributed by atoms with Crippen LogP contribution >= 0.6 is 27.3 Å². The van der Waals surface area contributed by atoms with Crippen LogP contribution in [0.4, 0.5) is 0 Å². The standard InChI is InChI=1S/C18H18BrNO2S2/c19-11-13-20(12-10-15-6-2-1-3-7-15)24(21,22)18-14-16-8-4-5-9-17(16)23-18/h1-9,14H,10-13H2. The fourth-order valence-corrected chi connectivity index (χ4v) is 6.21. The van der Waals surface area contributed by atoms with Gasteiger partial charge in [0.1, 0.15) is 4.21 Å². The molecule has 0 bridgehead atoms. The van der Waals surface area contributed by atoms with Gasteiger partial charge >= 0.3 is 0 Å². The number of rotatable bonds is 7. The first-order chi connectivity index (χ1) is 11.6. The van der Waals surface area contributed by atoms with E-state index in [1.54, 1.807) is 10.4 Å². The summed E-state index contributed by atoms with van der Waals surface area (Å²) in [7, 11) is -3.47. The molecule has 0 unspecified atom stereocenters. The summed E-state index contributed by atoms with van der Waals surface area (Å²) in [6, 6.07) is 19.5. The predicted octanol–water partition coefficient (Wildman–Crippen LogP) is 4.53. The highest BCUT2D eigenvalue weighted by molar-refractivity contribution is 9.09. The molecule has 0 fully saturated rings. The first-order valence-corrected chi connectivity index (χ1v) is 11.1. The van der Waals surface area contributed by atoms with Gasteiger partial charge in [0.25, 0.3) is 10.0 Å². The molecule has 0 N–H and O–H groups in total. The lowest BCUT2D eigenvalue weighted by molar-refractivity contribution is 0.435. The molecule has 3 rings (SSSR count). The minimum absolute atomic E-state index is 0.415. The zero-order valence-electron chi connectivity index (χ0n) is 13.1. The van der Waals surface area contributed by atoms with Crippen molar-refractivity contribution >= 4 is 47.4 Å². The van der Waals surface area contributed by atoms with Crippen molar-refractivity contribution in [3.05, 3.63) is 66.2 Å². The molecule has 3 nitrogen and oxygen atoms in total. The third-order valence-electron chi connectivity index (χ3n) is 3.82. The van der Waals surface area contributed by atoms with E-state index in [1.807, 2.05) is 54.6 Å². The Morgan fingerprint density at radius 1 is 0.958 bits per heavy atom. The molecule has 0 atom stereocenters. The zero-order chi connectivity index (χ0) is 17.0. The Bertz CT molecular complexity index is 874. The van der Waals surface area contributed by atoms with E-state index in [2.05, 4.69) is 15.9 Å². The first-order valence-electron chi connectivity index (χ1n) is 7.70. The Hall–Kier alpha value is -1.21. The largest absolute Gasteiger partial charge is 0.252 e. The van der Waals surface area contributed by atoms with E-state index < -0.39 is 10.0 Å². The minimum Gasteiger partial charge on any atom is -0.206 e. The monoisotopic (exact) mass is 423 g/mol. The number of sulfonamides is 1. The quantitative estimate of drug-likeness (QED) is 0.523. The minimum atomic E-state index is -3.47. The van der Waals surface area contributed by atoms with Crippen LogP contribution in [0, 0.1) is 0 Å². The molecular weight excluding hydrogens is 406 g/mol. The second kappa shape index (κ2) is 7.78. The molecule has 24 heavy (non-hydrogen) atoms. The molecule has 0 aliphatic carbocycles. The van der Waals surface area contributed by atoms with Gasteiger partial charge in [-0.3, -0.25) is 0 Å². The summed E-state index contributed by atoms with van der Waals surface area (Å²) < 4.78 is 29.0. The van der Waals surface area contributed by atoms with E-state index >= 15 is 0 Å². The van der Waals surface area contributed by atoms with Gasteiger partial charge in [0.2, 0.25) is 0 Å². The molecule has 1 aromatic heterocycles. The maximum absolute atomic E-state index is 13.0.